The molecule has 0 spiro atoms. The van der Waals surface area contributed by atoms with E-state index >= 15 is 0 Å². The quantitative estimate of drug-likeness (QED) is 0.127. The Morgan fingerprint density at radius 2 is 0.586 bits per heavy atom. The molecule has 0 bridgehead atoms. The molecular formula is C82H79BN4. The first-order valence-electron chi connectivity index (χ1n) is 31.0. The van der Waals surface area contributed by atoms with Crippen LogP contribution in [0, 0.1) is 0 Å². The van der Waals surface area contributed by atoms with Crippen molar-refractivity contribution < 1.29 is 0 Å². The average molecular weight is 1130 g/mol. The van der Waals surface area contributed by atoms with E-state index in [4.69, 9.17) is 0 Å². The van der Waals surface area contributed by atoms with Crippen LogP contribution in [0.4, 0.5) is 68.2 Å². The molecule has 0 aliphatic carbocycles. The number of benzene rings is 11. The minimum atomic E-state index is -0.121. The van der Waals surface area contributed by atoms with Crippen molar-refractivity contribution in [2.75, 3.05) is 19.6 Å². The van der Waals surface area contributed by atoms with E-state index in [1.165, 1.54) is 66.6 Å². The molecule has 0 amide bonds. The molecule has 0 saturated carbocycles. The normalized spacial score (nSPS) is 13.0. The fourth-order valence-corrected chi connectivity index (χ4v) is 12.9. The summed E-state index contributed by atoms with van der Waals surface area (Å²) in [6, 6.07) is 98.1. The highest BCUT2D eigenvalue weighted by molar-refractivity contribution is 7.00. The maximum Gasteiger partial charge on any atom is 0.252 e. The van der Waals surface area contributed by atoms with Crippen LogP contribution in [0.25, 0.3) is 22.3 Å². The first-order valence-corrected chi connectivity index (χ1v) is 31.0. The zero-order valence-corrected chi connectivity index (χ0v) is 52.7. The van der Waals surface area contributed by atoms with E-state index < -0.39 is 0 Å². The Bertz CT molecular complexity index is 4120. The summed E-state index contributed by atoms with van der Waals surface area (Å²) in [5.74, 6) is 0. The molecule has 11 aromatic rings. The molecule has 0 fully saturated rings. The fourth-order valence-electron chi connectivity index (χ4n) is 12.9. The number of nitrogens with zero attached hydrogens (tertiary/aromatic N) is 4. The van der Waals surface area contributed by atoms with Crippen LogP contribution in [-0.4, -0.2) is 6.71 Å². The van der Waals surface area contributed by atoms with Crippen molar-refractivity contribution in [2.45, 2.75) is 105 Å². The van der Waals surface area contributed by atoms with Gasteiger partial charge in [0.1, 0.15) is 0 Å². The second-order valence-corrected chi connectivity index (χ2v) is 28.0. The minimum absolute atomic E-state index is 0.0126. The number of anilines is 12. The maximum atomic E-state index is 2.57. The van der Waals surface area contributed by atoms with Crippen molar-refractivity contribution in [3.63, 3.8) is 0 Å². The molecule has 2 heterocycles. The van der Waals surface area contributed by atoms with Crippen LogP contribution in [0.1, 0.15) is 105 Å². The Morgan fingerprint density at radius 1 is 0.253 bits per heavy atom. The molecule has 0 radical (unpaired) electrons. The number of para-hydroxylation sites is 1. The van der Waals surface area contributed by atoms with Crippen molar-refractivity contribution in [3.8, 4) is 22.3 Å². The molecule has 0 saturated heterocycles. The van der Waals surface area contributed by atoms with E-state index in [1.807, 2.05) is 0 Å². The summed E-state index contributed by atoms with van der Waals surface area (Å²) in [6.45, 7) is 27.6. The highest BCUT2D eigenvalue weighted by Crippen LogP contribution is 2.50. The molecule has 2 aliphatic rings. The highest BCUT2D eigenvalue weighted by atomic mass is 15.2. The van der Waals surface area contributed by atoms with Crippen LogP contribution in [0.2, 0.25) is 0 Å². The average Bonchev–Trinajstić information content (AvgIpc) is 0.707. The van der Waals surface area contributed by atoms with E-state index in [2.05, 4.69) is 364 Å². The molecule has 0 atom stereocenters. The summed E-state index contributed by atoms with van der Waals surface area (Å²) in [7, 11) is 0. The Hall–Kier alpha value is -9.32. The highest BCUT2D eigenvalue weighted by Gasteiger charge is 2.45. The summed E-state index contributed by atoms with van der Waals surface area (Å²) >= 11 is 0. The molecule has 0 N–H and O–H groups in total. The monoisotopic (exact) mass is 1130 g/mol. The van der Waals surface area contributed by atoms with Gasteiger partial charge in [-0.15, -0.1) is 0 Å². The largest absolute Gasteiger partial charge is 0.311 e. The van der Waals surface area contributed by atoms with Crippen LogP contribution < -0.4 is 36.0 Å². The Morgan fingerprint density at radius 3 is 1.02 bits per heavy atom. The van der Waals surface area contributed by atoms with Gasteiger partial charge >= 0.3 is 0 Å². The van der Waals surface area contributed by atoms with Crippen LogP contribution in [0.5, 0.6) is 0 Å². The zero-order chi connectivity index (χ0) is 60.6. The van der Waals surface area contributed by atoms with Crippen molar-refractivity contribution in [1.82, 2.24) is 0 Å². The molecule has 11 aromatic carbocycles. The van der Waals surface area contributed by atoms with Gasteiger partial charge in [-0.1, -0.05) is 241 Å². The van der Waals surface area contributed by atoms with Crippen molar-refractivity contribution in [3.05, 3.63) is 283 Å². The van der Waals surface area contributed by atoms with Gasteiger partial charge in [-0.3, -0.25) is 0 Å². The summed E-state index contributed by atoms with van der Waals surface area (Å²) in [5.41, 5.74) is 26.9. The van der Waals surface area contributed by atoms with E-state index in [1.54, 1.807) is 0 Å². The third kappa shape index (κ3) is 10.8. The first-order chi connectivity index (χ1) is 41.7. The van der Waals surface area contributed by atoms with Crippen LogP contribution >= 0.6 is 0 Å². The summed E-state index contributed by atoms with van der Waals surface area (Å²) in [5, 5.41) is 0. The second kappa shape index (κ2) is 21.9. The third-order valence-corrected chi connectivity index (χ3v) is 17.9. The number of rotatable bonds is 10. The maximum absolute atomic E-state index is 2.57. The molecular weight excluding hydrogens is 1050 g/mol. The van der Waals surface area contributed by atoms with Crippen molar-refractivity contribution in [1.29, 1.82) is 0 Å². The zero-order valence-electron chi connectivity index (χ0n) is 52.7. The lowest BCUT2D eigenvalue weighted by atomic mass is 9.33. The number of hydrogen-bond donors (Lipinski definition) is 0. The van der Waals surface area contributed by atoms with Gasteiger partial charge in [0, 0.05) is 62.6 Å². The van der Waals surface area contributed by atoms with Crippen molar-refractivity contribution >= 4 is 91.3 Å². The van der Waals surface area contributed by atoms with E-state index in [0.29, 0.717) is 0 Å². The van der Waals surface area contributed by atoms with E-state index in [9.17, 15) is 0 Å². The summed E-state index contributed by atoms with van der Waals surface area (Å²) < 4.78 is 0. The van der Waals surface area contributed by atoms with Gasteiger partial charge in [-0.25, -0.2) is 0 Å². The SMILES string of the molecule is CC(C)(C)c1ccc(N(c2ccc(C(C)(C)C)cc2)c2cc3c4c(c2)N(c2ccccc2)c2cc(N(c5ccc(-c6ccccc6)cc5)c5ccc(-c6ccccc6)cc5)ccc2B4c2cc(C(C)(C)C)ccc2N3c2ccc(C(C)(C)C)cc2)cc1. The predicted octanol–water partition coefficient (Wildman–Crippen LogP) is 21.2. The van der Waals surface area contributed by atoms with Gasteiger partial charge in [0.25, 0.3) is 6.71 Å². The smallest absolute Gasteiger partial charge is 0.252 e. The first kappa shape index (κ1) is 56.8. The lowest BCUT2D eigenvalue weighted by Gasteiger charge is -2.45. The van der Waals surface area contributed by atoms with Gasteiger partial charge in [0.2, 0.25) is 0 Å². The molecule has 430 valence electrons. The topological polar surface area (TPSA) is 13.0 Å². The molecule has 2 aliphatic heterocycles. The molecule has 87 heavy (non-hydrogen) atoms. The molecule has 13 rings (SSSR count). The van der Waals surface area contributed by atoms with E-state index in [0.717, 1.165) is 62.6 Å². The molecule has 4 nitrogen and oxygen atoms in total. The lowest BCUT2D eigenvalue weighted by Crippen LogP contribution is -2.61. The molecule has 5 heteroatoms. The summed E-state index contributed by atoms with van der Waals surface area (Å²) in [4.78, 5) is 10.1. The van der Waals surface area contributed by atoms with Crippen LogP contribution in [-0.2, 0) is 21.7 Å². The van der Waals surface area contributed by atoms with Gasteiger partial charge in [0.15, 0.2) is 0 Å². The number of hydrogen-bond acceptors (Lipinski definition) is 4. The minimum Gasteiger partial charge on any atom is -0.311 e. The van der Waals surface area contributed by atoms with Crippen LogP contribution in [0.3, 0.4) is 0 Å². The Kier molecular flexibility index (Phi) is 14.3. The predicted molar refractivity (Wildman–Crippen MR) is 376 cm³/mol. The third-order valence-electron chi connectivity index (χ3n) is 17.9. The molecule has 0 aromatic heterocycles. The summed E-state index contributed by atoms with van der Waals surface area (Å²) in [6.07, 6.45) is 0. The second-order valence-electron chi connectivity index (χ2n) is 28.0. The number of fused-ring (bicyclic) bond motifs is 4. The Balaban J connectivity index is 1.10. The van der Waals surface area contributed by atoms with Gasteiger partial charge in [-0.05, 0) is 186 Å². The fraction of sp³-hybridized carbons (Fsp3) is 0.195. The van der Waals surface area contributed by atoms with E-state index in [-0.39, 0.29) is 28.4 Å². The van der Waals surface area contributed by atoms with Crippen LogP contribution in [0.15, 0.2) is 261 Å². The Labute approximate surface area is 518 Å². The lowest BCUT2D eigenvalue weighted by molar-refractivity contribution is 0.590. The molecule has 0 unspecified atom stereocenters. The standard InChI is InChI=1S/C82H79BN4/c1-79(2,3)60-32-43-67(44-33-60)85(68-45-34-61(35-46-68)80(4,5)6)71-54-76-78-77(55-71)87(64-26-20-15-21-27-64)75-53-70(84(65-39-28-58(29-40-65)56-22-16-13-17-23-56)66-41-30-59(31-42-66)57-24-18-14-19-25-57)49-50-72(75)83(78)73-52-63(82(10,11)12)38-51-74(73)86(76)69-47-36-62(37-48-69)81(7,8)9/h13-55H,1-12H3. The van der Waals surface area contributed by atoms with Gasteiger partial charge in [-0.2, -0.15) is 0 Å². The van der Waals surface area contributed by atoms with Gasteiger partial charge < -0.3 is 19.6 Å². The van der Waals surface area contributed by atoms with Crippen molar-refractivity contribution in [2.24, 2.45) is 0 Å². The van der Waals surface area contributed by atoms with Gasteiger partial charge in [0.05, 0.1) is 5.69 Å².